The lowest BCUT2D eigenvalue weighted by Gasteiger charge is -2.21. The monoisotopic (exact) mass is 527 g/mol. The molecule has 31 heavy (non-hydrogen) atoms. The molecule has 3 aromatic rings. The van der Waals surface area contributed by atoms with E-state index in [2.05, 4.69) is 62.1 Å². The lowest BCUT2D eigenvalue weighted by Crippen LogP contribution is -2.26. The summed E-state index contributed by atoms with van der Waals surface area (Å²) in [6, 6.07) is 11.9. The number of amides is 1. The molecule has 2 heterocycles. The summed E-state index contributed by atoms with van der Waals surface area (Å²) in [5, 5.41) is 13.6. The van der Waals surface area contributed by atoms with E-state index in [1.54, 1.807) is 6.07 Å². The van der Waals surface area contributed by atoms with Crippen LogP contribution in [0, 0.1) is 27.2 Å². The maximum atomic E-state index is 12.8. The lowest BCUT2D eigenvalue weighted by atomic mass is 9.86. The SMILES string of the molecule is CC(C(=O)Nc1ccc(O)nc1)C1C[C@@H]2C[C@H](c3ccnc4ccc(I)cc34)C[C@@H]2C1. The molecule has 2 fully saturated rings. The molecule has 0 saturated heterocycles. The summed E-state index contributed by atoms with van der Waals surface area (Å²) in [5.74, 6) is 2.40. The number of carbonyl (C=O) groups is 1. The molecule has 0 bridgehead atoms. The number of anilines is 1. The average molecular weight is 527 g/mol. The van der Waals surface area contributed by atoms with E-state index in [1.807, 2.05) is 13.1 Å². The molecule has 6 heteroatoms. The Bertz CT molecular complexity index is 1100. The van der Waals surface area contributed by atoms with Crippen LogP contribution in [0.5, 0.6) is 5.88 Å². The molecule has 0 aliphatic heterocycles. The van der Waals surface area contributed by atoms with Crippen molar-refractivity contribution in [3.63, 3.8) is 0 Å². The van der Waals surface area contributed by atoms with Crippen molar-refractivity contribution in [2.24, 2.45) is 23.7 Å². The number of pyridine rings is 2. The molecule has 2 unspecified atom stereocenters. The minimum Gasteiger partial charge on any atom is -0.493 e. The van der Waals surface area contributed by atoms with Crippen LogP contribution in [0.4, 0.5) is 5.69 Å². The van der Waals surface area contributed by atoms with Crippen molar-refractivity contribution in [3.05, 3.63) is 57.9 Å². The lowest BCUT2D eigenvalue weighted by molar-refractivity contribution is -0.120. The van der Waals surface area contributed by atoms with Gasteiger partial charge in [-0.1, -0.05) is 6.92 Å². The Labute approximate surface area is 195 Å². The van der Waals surface area contributed by atoms with Crippen LogP contribution in [0.2, 0.25) is 0 Å². The maximum Gasteiger partial charge on any atom is 0.227 e. The molecule has 5 atom stereocenters. The Morgan fingerprint density at radius 2 is 1.87 bits per heavy atom. The summed E-state index contributed by atoms with van der Waals surface area (Å²) in [6.07, 6.45) is 8.12. The fourth-order valence-corrected chi connectivity index (χ4v) is 6.24. The zero-order valence-electron chi connectivity index (χ0n) is 17.5. The number of nitrogens with one attached hydrogen (secondary N) is 1. The second kappa shape index (κ2) is 8.37. The summed E-state index contributed by atoms with van der Waals surface area (Å²) in [4.78, 5) is 21.1. The van der Waals surface area contributed by atoms with Crippen LogP contribution in [-0.2, 0) is 4.79 Å². The number of benzene rings is 1. The van der Waals surface area contributed by atoms with Gasteiger partial charge in [0.05, 0.1) is 17.4 Å². The van der Waals surface area contributed by atoms with Crippen LogP contribution >= 0.6 is 22.6 Å². The molecule has 5 rings (SSSR count). The summed E-state index contributed by atoms with van der Waals surface area (Å²) >= 11 is 2.38. The molecule has 0 radical (unpaired) electrons. The summed E-state index contributed by atoms with van der Waals surface area (Å²) < 4.78 is 1.25. The van der Waals surface area contributed by atoms with Gasteiger partial charge < -0.3 is 10.4 Å². The van der Waals surface area contributed by atoms with E-state index in [1.165, 1.54) is 39.6 Å². The molecule has 1 amide bonds. The number of carbonyl (C=O) groups excluding carboxylic acids is 1. The first-order valence-electron chi connectivity index (χ1n) is 11.0. The molecule has 5 nitrogen and oxygen atoms in total. The highest BCUT2D eigenvalue weighted by molar-refractivity contribution is 14.1. The van der Waals surface area contributed by atoms with Crippen LogP contribution in [0.25, 0.3) is 10.9 Å². The van der Waals surface area contributed by atoms with Crippen molar-refractivity contribution in [3.8, 4) is 5.88 Å². The topological polar surface area (TPSA) is 75.1 Å². The smallest absolute Gasteiger partial charge is 0.227 e. The van der Waals surface area contributed by atoms with Gasteiger partial charge in [-0.15, -0.1) is 0 Å². The van der Waals surface area contributed by atoms with Gasteiger partial charge in [0.25, 0.3) is 0 Å². The summed E-state index contributed by atoms with van der Waals surface area (Å²) in [6.45, 7) is 2.05. The zero-order valence-corrected chi connectivity index (χ0v) is 19.6. The fraction of sp³-hybridized carbons (Fsp3) is 0.400. The standard InChI is InChI=1S/C25H26IN3O2/c1-14(25(31)29-20-3-5-24(30)28-13-20)15-8-16-10-18(11-17(16)9-15)21-6-7-27-23-4-2-19(26)12-22(21)23/h2-7,12-18H,8-11H2,1H3,(H,28,30)(H,29,31)/t14?,15?,16-,17+,18+. The van der Waals surface area contributed by atoms with Crippen molar-refractivity contribution >= 4 is 45.1 Å². The number of hydrogen-bond acceptors (Lipinski definition) is 4. The Kier molecular flexibility index (Phi) is 5.58. The highest BCUT2D eigenvalue weighted by Gasteiger charge is 2.44. The highest BCUT2D eigenvalue weighted by atomic mass is 127. The second-order valence-electron chi connectivity index (χ2n) is 9.16. The Hall–Kier alpha value is -2.22. The molecule has 1 aromatic carbocycles. The number of hydrogen-bond donors (Lipinski definition) is 2. The molecule has 160 valence electrons. The van der Waals surface area contributed by atoms with Gasteiger partial charge >= 0.3 is 0 Å². The van der Waals surface area contributed by atoms with Crippen molar-refractivity contribution in [2.75, 3.05) is 5.32 Å². The minimum absolute atomic E-state index is 0.0267. The molecule has 2 aliphatic carbocycles. The molecule has 0 spiro atoms. The fourth-order valence-electron chi connectivity index (χ4n) is 5.75. The third kappa shape index (κ3) is 4.14. The van der Waals surface area contributed by atoms with E-state index in [4.69, 9.17) is 0 Å². The maximum absolute atomic E-state index is 12.8. The van der Waals surface area contributed by atoms with Crippen LogP contribution in [0.15, 0.2) is 48.8 Å². The molecule has 2 aliphatic rings. The van der Waals surface area contributed by atoms with E-state index in [0.717, 1.165) is 18.4 Å². The second-order valence-corrected chi connectivity index (χ2v) is 10.4. The van der Waals surface area contributed by atoms with Crippen LogP contribution in [0.1, 0.15) is 44.1 Å². The first-order chi connectivity index (χ1) is 15.0. The van der Waals surface area contributed by atoms with Gasteiger partial charge in [-0.2, -0.15) is 0 Å². The van der Waals surface area contributed by atoms with Crippen LogP contribution in [-0.4, -0.2) is 21.0 Å². The molecule has 2 saturated carbocycles. The van der Waals surface area contributed by atoms with Gasteiger partial charge in [-0.25, -0.2) is 4.98 Å². The first-order valence-corrected chi connectivity index (χ1v) is 12.1. The number of aromatic nitrogens is 2. The van der Waals surface area contributed by atoms with Crippen LogP contribution < -0.4 is 5.32 Å². The summed E-state index contributed by atoms with van der Waals surface area (Å²) in [7, 11) is 0. The average Bonchev–Trinajstić information content (AvgIpc) is 3.33. The molecular weight excluding hydrogens is 501 g/mol. The Morgan fingerprint density at radius 3 is 2.58 bits per heavy atom. The summed E-state index contributed by atoms with van der Waals surface area (Å²) in [5.41, 5.74) is 3.16. The van der Waals surface area contributed by atoms with Gasteiger partial charge in [-0.05, 0) is 108 Å². The number of halogens is 1. The number of rotatable bonds is 4. The van der Waals surface area contributed by atoms with E-state index in [-0.39, 0.29) is 17.7 Å². The third-order valence-electron chi connectivity index (χ3n) is 7.37. The van der Waals surface area contributed by atoms with Gasteiger partial charge in [0, 0.05) is 27.1 Å². The zero-order chi connectivity index (χ0) is 21.5. The van der Waals surface area contributed by atoms with Gasteiger partial charge in [0.2, 0.25) is 11.8 Å². The van der Waals surface area contributed by atoms with E-state index < -0.39 is 0 Å². The number of nitrogens with zero attached hydrogens (tertiary/aromatic N) is 2. The van der Waals surface area contributed by atoms with E-state index in [9.17, 15) is 9.90 Å². The minimum atomic E-state index is -0.0408. The van der Waals surface area contributed by atoms with Gasteiger partial charge in [0.15, 0.2) is 0 Å². The third-order valence-corrected chi connectivity index (χ3v) is 8.04. The van der Waals surface area contributed by atoms with Crippen molar-refractivity contribution in [1.82, 2.24) is 9.97 Å². The Balaban J connectivity index is 1.24. The molecule has 2 aromatic heterocycles. The largest absolute Gasteiger partial charge is 0.493 e. The van der Waals surface area contributed by atoms with Gasteiger partial charge in [0.1, 0.15) is 0 Å². The van der Waals surface area contributed by atoms with E-state index in [0.29, 0.717) is 29.4 Å². The number of aromatic hydroxyl groups is 1. The van der Waals surface area contributed by atoms with Crippen molar-refractivity contribution in [2.45, 2.75) is 38.5 Å². The highest BCUT2D eigenvalue weighted by Crippen LogP contribution is 2.54. The van der Waals surface area contributed by atoms with Crippen molar-refractivity contribution < 1.29 is 9.90 Å². The van der Waals surface area contributed by atoms with Crippen LogP contribution in [0.3, 0.4) is 0 Å². The predicted molar refractivity (Wildman–Crippen MR) is 130 cm³/mol. The first kappa shape index (κ1) is 20.7. The molecular formula is C25H26IN3O2. The quantitative estimate of drug-likeness (QED) is 0.425. The predicted octanol–water partition coefficient (Wildman–Crippen LogP) is 5.73. The van der Waals surface area contributed by atoms with Gasteiger partial charge in [-0.3, -0.25) is 9.78 Å². The molecule has 2 N–H and O–H groups in total. The Morgan fingerprint density at radius 1 is 1.10 bits per heavy atom. The van der Waals surface area contributed by atoms with E-state index >= 15 is 0 Å². The normalized spacial score (nSPS) is 26.0. The number of fused-ring (bicyclic) bond motifs is 2. The van der Waals surface area contributed by atoms with Crippen molar-refractivity contribution in [1.29, 1.82) is 0 Å².